The molecule has 1 heterocycles. The Balaban J connectivity index is 2.12. The Morgan fingerprint density at radius 2 is 1.76 bits per heavy atom. The van der Waals surface area contributed by atoms with Crippen LogP contribution in [0.4, 0.5) is 13.2 Å². The Morgan fingerprint density at radius 1 is 1.17 bits per heavy atom. The van der Waals surface area contributed by atoms with Gasteiger partial charge in [-0.05, 0) is 64.5 Å². The lowest BCUT2D eigenvalue weighted by atomic mass is 9.74. The van der Waals surface area contributed by atoms with Gasteiger partial charge in [-0.25, -0.2) is 0 Å². The SMILES string of the molecule is CC(C)c1nc2c(c(I)c1[C@@H](O)c1ccc(C(F)(F)F)cc1)C(O)CC(C)(C)C2. The zero-order valence-corrected chi connectivity index (χ0v) is 19.0. The number of aliphatic hydroxyl groups excluding tert-OH is 2. The van der Waals surface area contributed by atoms with Crippen molar-refractivity contribution < 1.29 is 23.4 Å². The molecule has 2 N–H and O–H groups in total. The van der Waals surface area contributed by atoms with E-state index in [-0.39, 0.29) is 11.3 Å². The van der Waals surface area contributed by atoms with E-state index in [1.807, 2.05) is 13.8 Å². The van der Waals surface area contributed by atoms with Crippen LogP contribution in [-0.4, -0.2) is 15.2 Å². The summed E-state index contributed by atoms with van der Waals surface area (Å²) >= 11 is 2.13. The molecule has 0 aliphatic heterocycles. The molecule has 1 aromatic carbocycles. The van der Waals surface area contributed by atoms with Gasteiger partial charge in [-0.2, -0.15) is 13.2 Å². The molecule has 158 valence electrons. The lowest BCUT2D eigenvalue weighted by Gasteiger charge is -2.36. The van der Waals surface area contributed by atoms with Crippen molar-refractivity contribution in [3.8, 4) is 0 Å². The van der Waals surface area contributed by atoms with Gasteiger partial charge in [-0.3, -0.25) is 4.98 Å². The van der Waals surface area contributed by atoms with Crippen LogP contribution in [0.25, 0.3) is 0 Å². The minimum atomic E-state index is -4.43. The summed E-state index contributed by atoms with van der Waals surface area (Å²) < 4.78 is 39.4. The Hall–Kier alpha value is -1.19. The molecule has 0 radical (unpaired) electrons. The third-order valence-corrected chi connectivity index (χ3v) is 6.58. The largest absolute Gasteiger partial charge is 0.416 e. The van der Waals surface area contributed by atoms with Crippen molar-refractivity contribution in [1.82, 2.24) is 4.98 Å². The highest BCUT2D eigenvalue weighted by molar-refractivity contribution is 14.1. The zero-order chi connectivity index (χ0) is 21.7. The predicted molar refractivity (Wildman–Crippen MR) is 114 cm³/mol. The monoisotopic (exact) mass is 519 g/mol. The van der Waals surface area contributed by atoms with Gasteiger partial charge in [0.1, 0.15) is 6.10 Å². The molecule has 0 spiro atoms. The fourth-order valence-corrected chi connectivity index (χ4v) is 5.24. The molecule has 3 rings (SSSR count). The van der Waals surface area contributed by atoms with Gasteiger partial charge in [-0.15, -0.1) is 0 Å². The highest BCUT2D eigenvalue weighted by Crippen LogP contribution is 2.45. The molecule has 1 unspecified atom stereocenters. The summed E-state index contributed by atoms with van der Waals surface area (Å²) in [6.45, 7) is 8.12. The Bertz CT molecular complexity index is 908. The summed E-state index contributed by atoms with van der Waals surface area (Å²) in [6, 6.07) is 4.55. The average molecular weight is 519 g/mol. The summed E-state index contributed by atoms with van der Waals surface area (Å²) in [5.41, 5.74) is 2.38. The van der Waals surface area contributed by atoms with Crippen LogP contribution in [-0.2, 0) is 12.6 Å². The van der Waals surface area contributed by atoms with Crippen LogP contribution in [0.15, 0.2) is 24.3 Å². The molecule has 2 atom stereocenters. The van der Waals surface area contributed by atoms with E-state index in [1.165, 1.54) is 12.1 Å². The lowest BCUT2D eigenvalue weighted by Crippen LogP contribution is -2.29. The highest BCUT2D eigenvalue weighted by Gasteiger charge is 2.37. The summed E-state index contributed by atoms with van der Waals surface area (Å²) in [6.07, 6.45) is -4.92. The van der Waals surface area contributed by atoms with Crippen molar-refractivity contribution in [3.05, 3.63) is 61.5 Å². The second kappa shape index (κ2) is 7.81. The molecule has 29 heavy (non-hydrogen) atoms. The van der Waals surface area contributed by atoms with E-state index in [9.17, 15) is 23.4 Å². The quantitative estimate of drug-likeness (QED) is 0.496. The van der Waals surface area contributed by atoms with Gasteiger partial charge in [0.2, 0.25) is 0 Å². The maximum Gasteiger partial charge on any atom is 0.416 e. The molecular weight excluding hydrogens is 494 g/mol. The number of alkyl halides is 3. The van der Waals surface area contributed by atoms with Crippen LogP contribution in [0.2, 0.25) is 0 Å². The first-order valence-electron chi connectivity index (χ1n) is 9.57. The van der Waals surface area contributed by atoms with Crippen molar-refractivity contribution >= 4 is 22.6 Å². The van der Waals surface area contributed by atoms with E-state index in [2.05, 4.69) is 36.4 Å². The second-order valence-corrected chi connectivity index (χ2v) is 9.90. The summed E-state index contributed by atoms with van der Waals surface area (Å²) in [5.74, 6) is 0.00935. The Morgan fingerprint density at radius 3 is 2.28 bits per heavy atom. The van der Waals surface area contributed by atoms with Gasteiger partial charge in [0.25, 0.3) is 0 Å². The number of pyridine rings is 1. The fourth-order valence-electron chi connectivity index (χ4n) is 4.00. The Kier molecular flexibility index (Phi) is 6.06. The number of hydrogen-bond donors (Lipinski definition) is 2. The number of aromatic nitrogens is 1. The predicted octanol–water partition coefficient (Wildman–Crippen LogP) is 5.92. The fraction of sp³-hybridized carbons (Fsp3) is 0.500. The number of hydrogen-bond acceptors (Lipinski definition) is 3. The van der Waals surface area contributed by atoms with Gasteiger partial charge in [0, 0.05) is 20.4 Å². The highest BCUT2D eigenvalue weighted by atomic mass is 127. The van der Waals surface area contributed by atoms with E-state index in [1.54, 1.807) is 0 Å². The molecular formula is C22H25F3INO2. The van der Waals surface area contributed by atoms with Crippen LogP contribution in [0.1, 0.15) is 85.9 Å². The molecule has 2 aromatic rings. The van der Waals surface area contributed by atoms with Crippen molar-refractivity contribution in [2.75, 3.05) is 0 Å². The number of benzene rings is 1. The number of halogens is 4. The van der Waals surface area contributed by atoms with Crippen molar-refractivity contribution in [2.24, 2.45) is 5.41 Å². The third-order valence-electron chi connectivity index (χ3n) is 5.41. The molecule has 0 saturated heterocycles. The number of nitrogens with zero attached hydrogens (tertiary/aromatic N) is 1. The topological polar surface area (TPSA) is 53.4 Å². The molecule has 1 aromatic heterocycles. The van der Waals surface area contributed by atoms with Gasteiger partial charge >= 0.3 is 6.18 Å². The standard InChI is InChI=1S/C22H25F3INO2/c1-11(2)19-17(20(29)12-5-7-13(8-6-12)22(23,24)25)18(26)16-14(27-19)9-21(3,4)10-15(16)28/h5-8,11,15,20,28-29H,9-10H2,1-4H3/t15?,20-/m0/s1. The molecule has 1 aliphatic carbocycles. The molecule has 0 amide bonds. The summed E-state index contributed by atoms with van der Waals surface area (Å²) in [7, 11) is 0. The molecule has 1 aliphatic rings. The number of fused-ring (bicyclic) bond motifs is 1. The number of rotatable bonds is 3. The minimum Gasteiger partial charge on any atom is -0.388 e. The normalized spacial score (nSPS) is 19.9. The minimum absolute atomic E-state index is 0.00935. The van der Waals surface area contributed by atoms with Crippen molar-refractivity contribution in [2.45, 2.75) is 64.8 Å². The van der Waals surface area contributed by atoms with Crippen molar-refractivity contribution in [1.29, 1.82) is 0 Å². The van der Waals surface area contributed by atoms with Crippen LogP contribution >= 0.6 is 22.6 Å². The van der Waals surface area contributed by atoms with Gasteiger partial charge in [0.15, 0.2) is 0 Å². The van der Waals surface area contributed by atoms with Crippen LogP contribution in [0, 0.1) is 8.99 Å². The van der Waals surface area contributed by atoms with E-state index < -0.39 is 23.9 Å². The molecule has 0 bridgehead atoms. The summed E-state index contributed by atoms with van der Waals surface area (Å²) in [4.78, 5) is 4.82. The first-order valence-corrected chi connectivity index (χ1v) is 10.6. The van der Waals surface area contributed by atoms with Gasteiger partial charge in [-0.1, -0.05) is 39.8 Å². The van der Waals surface area contributed by atoms with Crippen LogP contribution < -0.4 is 0 Å². The average Bonchev–Trinajstić information content (AvgIpc) is 2.58. The lowest BCUT2D eigenvalue weighted by molar-refractivity contribution is -0.137. The molecule has 3 nitrogen and oxygen atoms in total. The first kappa shape index (κ1) is 22.5. The van der Waals surface area contributed by atoms with E-state index >= 15 is 0 Å². The first-order chi connectivity index (χ1) is 13.3. The molecule has 0 saturated carbocycles. The van der Waals surface area contributed by atoms with E-state index in [4.69, 9.17) is 4.98 Å². The molecule has 0 fully saturated rings. The Labute approximate surface area is 182 Å². The second-order valence-electron chi connectivity index (χ2n) is 8.82. The van der Waals surface area contributed by atoms with Gasteiger partial charge in [0.05, 0.1) is 17.4 Å². The maximum absolute atomic E-state index is 12.9. The third kappa shape index (κ3) is 4.46. The van der Waals surface area contributed by atoms with Crippen LogP contribution in [0.3, 0.4) is 0 Å². The van der Waals surface area contributed by atoms with E-state index in [0.717, 1.165) is 33.4 Å². The maximum atomic E-state index is 12.9. The summed E-state index contributed by atoms with van der Waals surface area (Å²) in [5, 5.41) is 21.8. The van der Waals surface area contributed by atoms with Crippen LogP contribution in [0.5, 0.6) is 0 Å². The zero-order valence-electron chi connectivity index (χ0n) is 16.8. The van der Waals surface area contributed by atoms with E-state index in [0.29, 0.717) is 23.2 Å². The smallest absolute Gasteiger partial charge is 0.388 e. The van der Waals surface area contributed by atoms with Gasteiger partial charge < -0.3 is 10.2 Å². The van der Waals surface area contributed by atoms with Crippen molar-refractivity contribution in [3.63, 3.8) is 0 Å². The number of aliphatic hydroxyl groups is 2. The molecule has 7 heteroatoms.